The highest BCUT2D eigenvalue weighted by atomic mass is 15.2. The van der Waals surface area contributed by atoms with E-state index in [1.807, 2.05) is 12.1 Å². The molecule has 1 unspecified atom stereocenters. The van der Waals surface area contributed by atoms with Gasteiger partial charge in [0.2, 0.25) is 0 Å². The van der Waals surface area contributed by atoms with Crippen molar-refractivity contribution in [3.8, 4) is 11.5 Å². The van der Waals surface area contributed by atoms with Crippen LogP contribution in [0.4, 0.5) is 5.82 Å². The smallest absolute Gasteiger partial charge is 0.156 e. The van der Waals surface area contributed by atoms with E-state index < -0.39 is 0 Å². The summed E-state index contributed by atoms with van der Waals surface area (Å²) in [5.41, 5.74) is 9.34. The second-order valence-electron chi connectivity index (χ2n) is 8.57. The SMILES string of the molecule is Cc1[nH]c(-c2cccc(NCCCC(C)N3CCC(N)CC3)n2)nc1C1CC1. The topological polar surface area (TPSA) is 82.9 Å². The van der Waals surface area contributed by atoms with Crippen molar-refractivity contribution in [2.45, 2.75) is 70.4 Å². The molecular weight excluding hydrogens is 348 g/mol. The number of H-pyrrole nitrogens is 1. The Labute approximate surface area is 168 Å². The number of nitrogens with one attached hydrogen (secondary N) is 2. The summed E-state index contributed by atoms with van der Waals surface area (Å²) < 4.78 is 0. The van der Waals surface area contributed by atoms with Gasteiger partial charge in [0.15, 0.2) is 5.82 Å². The lowest BCUT2D eigenvalue weighted by atomic mass is 10.0. The van der Waals surface area contributed by atoms with E-state index in [1.54, 1.807) is 0 Å². The van der Waals surface area contributed by atoms with Crippen LogP contribution >= 0.6 is 0 Å². The summed E-state index contributed by atoms with van der Waals surface area (Å²) in [4.78, 5) is 15.6. The molecule has 2 aromatic heterocycles. The van der Waals surface area contributed by atoms with Crippen molar-refractivity contribution >= 4 is 5.82 Å². The van der Waals surface area contributed by atoms with Crippen LogP contribution in [0.15, 0.2) is 18.2 Å². The Kier molecular flexibility index (Phi) is 5.97. The van der Waals surface area contributed by atoms with Crippen LogP contribution < -0.4 is 11.1 Å². The fourth-order valence-corrected chi connectivity index (χ4v) is 4.17. The zero-order valence-corrected chi connectivity index (χ0v) is 17.2. The molecule has 2 fully saturated rings. The van der Waals surface area contributed by atoms with Crippen LogP contribution in [0.5, 0.6) is 0 Å². The van der Waals surface area contributed by atoms with Gasteiger partial charge in [-0.2, -0.15) is 0 Å². The number of aromatic nitrogens is 3. The van der Waals surface area contributed by atoms with Crippen LogP contribution in [-0.4, -0.2) is 51.6 Å². The van der Waals surface area contributed by atoms with Gasteiger partial charge in [-0.05, 0) is 77.6 Å². The minimum absolute atomic E-state index is 0.404. The van der Waals surface area contributed by atoms with E-state index in [2.05, 4.69) is 35.1 Å². The van der Waals surface area contributed by atoms with Gasteiger partial charge in [-0.1, -0.05) is 6.07 Å². The normalized spacial score (nSPS) is 19.7. The maximum atomic E-state index is 6.01. The Balaban J connectivity index is 1.26. The summed E-state index contributed by atoms with van der Waals surface area (Å²) >= 11 is 0. The maximum absolute atomic E-state index is 6.01. The molecular formula is C22H34N6. The molecule has 4 N–H and O–H groups in total. The van der Waals surface area contributed by atoms with Crippen LogP contribution in [-0.2, 0) is 0 Å². The zero-order valence-electron chi connectivity index (χ0n) is 17.2. The molecule has 1 saturated heterocycles. The molecule has 0 aromatic carbocycles. The predicted octanol–water partition coefficient (Wildman–Crippen LogP) is 3.66. The molecule has 0 spiro atoms. The highest BCUT2D eigenvalue weighted by Crippen LogP contribution is 2.41. The fraction of sp³-hybridized carbons (Fsp3) is 0.636. The van der Waals surface area contributed by atoms with E-state index in [-0.39, 0.29) is 0 Å². The molecule has 0 amide bonds. The maximum Gasteiger partial charge on any atom is 0.156 e. The average Bonchev–Trinajstić information content (AvgIpc) is 3.47. The number of nitrogens with zero attached hydrogens (tertiary/aromatic N) is 3. The zero-order chi connectivity index (χ0) is 19.5. The highest BCUT2D eigenvalue weighted by Gasteiger charge is 2.28. The van der Waals surface area contributed by atoms with Crippen molar-refractivity contribution in [2.24, 2.45) is 5.73 Å². The lowest BCUT2D eigenvalue weighted by Gasteiger charge is -2.34. The van der Waals surface area contributed by atoms with Crippen LogP contribution in [0, 0.1) is 6.92 Å². The first kappa shape index (κ1) is 19.4. The number of imidazole rings is 1. The molecule has 1 aliphatic carbocycles. The molecule has 4 rings (SSSR count). The molecule has 152 valence electrons. The highest BCUT2D eigenvalue weighted by molar-refractivity contribution is 5.54. The number of hydrogen-bond donors (Lipinski definition) is 3. The van der Waals surface area contributed by atoms with Crippen molar-refractivity contribution < 1.29 is 0 Å². The van der Waals surface area contributed by atoms with E-state index in [9.17, 15) is 0 Å². The Hall–Kier alpha value is -1.92. The van der Waals surface area contributed by atoms with E-state index >= 15 is 0 Å². The Morgan fingerprint density at radius 2 is 2.00 bits per heavy atom. The number of piperidine rings is 1. The third-order valence-corrected chi connectivity index (χ3v) is 6.18. The number of pyridine rings is 1. The van der Waals surface area contributed by atoms with E-state index in [4.69, 9.17) is 15.7 Å². The summed E-state index contributed by atoms with van der Waals surface area (Å²) in [5.74, 6) is 2.47. The number of nitrogens with two attached hydrogens (primary N) is 1. The number of anilines is 1. The molecule has 2 aromatic rings. The van der Waals surface area contributed by atoms with Gasteiger partial charge >= 0.3 is 0 Å². The number of aryl methyl sites for hydroxylation is 1. The van der Waals surface area contributed by atoms with Gasteiger partial charge in [0, 0.05) is 30.2 Å². The molecule has 0 bridgehead atoms. The largest absolute Gasteiger partial charge is 0.370 e. The molecule has 1 saturated carbocycles. The first-order chi connectivity index (χ1) is 13.6. The summed E-state index contributed by atoms with van der Waals surface area (Å²) in [5, 5.41) is 3.49. The summed E-state index contributed by atoms with van der Waals surface area (Å²) in [6.07, 6.45) is 7.14. The van der Waals surface area contributed by atoms with Gasteiger partial charge in [0.25, 0.3) is 0 Å². The monoisotopic (exact) mass is 382 g/mol. The summed E-state index contributed by atoms with van der Waals surface area (Å²) in [6.45, 7) is 7.68. The summed E-state index contributed by atoms with van der Waals surface area (Å²) in [6, 6.07) is 7.15. The number of hydrogen-bond acceptors (Lipinski definition) is 5. The van der Waals surface area contributed by atoms with E-state index in [0.29, 0.717) is 18.0 Å². The van der Waals surface area contributed by atoms with Gasteiger partial charge in [0.05, 0.1) is 5.69 Å². The number of aromatic amines is 1. The average molecular weight is 383 g/mol. The van der Waals surface area contributed by atoms with Gasteiger partial charge in [-0.3, -0.25) is 0 Å². The van der Waals surface area contributed by atoms with Crippen molar-refractivity contribution in [1.82, 2.24) is 19.9 Å². The lowest BCUT2D eigenvalue weighted by Crippen LogP contribution is -2.44. The van der Waals surface area contributed by atoms with E-state index in [1.165, 1.54) is 30.7 Å². The molecule has 2 aliphatic rings. The molecule has 0 radical (unpaired) electrons. The van der Waals surface area contributed by atoms with E-state index in [0.717, 1.165) is 56.2 Å². The van der Waals surface area contributed by atoms with Crippen LogP contribution in [0.3, 0.4) is 0 Å². The fourth-order valence-electron chi connectivity index (χ4n) is 4.17. The molecule has 1 aliphatic heterocycles. The quantitative estimate of drug-likeness (QED) is 0.607. The van der Waals surface area contributed by atoms with Crippen molar-refractivity contribution in [1.29, 1.82) is 0 Å². The molecule has 6 heteroatoms. The standard InChI is InChI=1S/C22H34N6/c1-15(28-13-10-18(23)11-14-28)5-4-12-24-20-7-3-6-19(26-20)22-25-16(2)21(27-22)17-8-9-17/h3,6-7,15,17-18H,4-5,8-14,23H2,1-2H3,(H,24,26)(H,25,27). The van der Waals surface area contributed by atoms with Gasteiger partial charge in [-0.15, -0.1) is 0 Å². The predicted molar refractivity (Wildman–Crippen MR) is 114 cm³/mol. The van der Waals surface area contributed by atoms with Crippen LogP contribution in [0.25, 0.3) is 11.5 Å². The second kappa shape index (κ2) is 8.62. The molecule has 3 heterocycles. The first-order valence-corrected chi connectivity index (χ1v) is 10.9. The minimum atomic E-state index is 0.404. The Morgan fingerprint density at radius 1 is 1.21 bits per heavy atom. The minimum Gasteiger partial charge on any atom is -0.370 e. The van der Waals surface area contributed by atoms with Crippen LogP contribution in [0.1, 0.15) is 62.8 Å². The van der Waals surface area contributed by atoms with Crippen LogP contribution in [0.2, 0.25) is 0 Å². The first-order valence-electron chi connectivity index (χ1n) is 10.9. The Bertz CT molecular complexity index is 773. The molecule has 1 atom stereocenters. The van der Waals surface area contributed by atoms with Gasteiger partial charge in [0.1, 0.15) is 11.5 Å². The second-order valence-corrected chi connectivity index (χ2v) is 8.57. The van der Waals surface area contributed by atoms with Crippen molar-refractivity contribution in [3.63, 3.8) is 0 Å². The molecule has 6 nitrogen and oxygen atoms in total. The third kappa shape index (κ3) is 4.73. The van der Waals surface area contributed by atoms with Crippen molar-refractivity contribution in [2.75, 3.05) is 25.0 Å². The number of likely N-dealkylation sites (tertiary alicyclic amines) is 1. The lowest BCUT2D eigenvalue weighted by molar-refractivity contribution is 0.155. The Morgan fingerprint density at radius 3 is 2.75 bits per heavy atom. The van der Waals surface area contributed by atoms with Gasteiger partial charge < -0.3 is 20.9 Å². The number of rotatable bonds is 8. The summed E-state index contributed by atoms with van der Waals surface area (Å²) in [7, 11) is 0. The van der Waals surface area contributed by atoms with Gasteiger partial charge in [-0.25, -0.2) is 9.97 Å². The third-order valence-electron chi connectivity index (χ3n) is 6.18. The molecule has 28 heavy (non-hydrogen) atoms. The van der Waals surface area contributed by atoms with Crippen molar-refractivity contribution in [3.05, 3.63) is 29.6 Å².